The van der Waals surface area contributed by atoms with Crippen LogP contribution in [0.4, 0.5) is 5.69 Å². The number of amides is 1. The van der Waals surface area contributed by atoms with Crippen molar-refractivity contribution >= 4 is 23.3 Å². The van der Waals surface area contributed by atoms with Gasteiger partial charge in [-0.05, 0) is 44.2 Å². The minimum atomic E-state index is -1.05. The Morgan fingerprint density at radius 2 is 1.89 bits per heavy atom. The molecule has 27 heavy (non-hydrogen) atoms. The first kappa shape index (κ1) is 19.7. The highest BCUT2D eigenvalue weighted by Gasteiger charge is 2.18. The largest absolute Gasteiger partial charge is 0.482 e. The highest BCUT2D eigenvalue weighted by molar-refractivity contribution is 5.95. The highest BCUT2D eigenvalue weighted by Crippen LogP contribution is 2.14. The Morgan fingerprint density at radius 3 is 2.59 bits per heavy atom. The van der Waals surface area contributed by atoms with Crippen molar-refractivity contribution in [2.45, 2.75) is 20.0 Å². The van der Waals surface area contributed by atoms with E-state index in [0.29, 0.717) is 22.6 Å². The Morgan fingerprint density at radius 1 is 1.15 bits per heavy atom. The lowest BCUT2D eigenvalue weighted by atomic mass is 10.1. The standard InChI is InChI=1S/C20H18N2O5/c1-13(23)16-6-4-8-18(10-16)26-12-19(24)27-14(2)20(25)22-17-7-3-5-15(9-17)11-21/h3-10,14H,12H2,1-2H3,(H,22,25)/t14-/m1/s1. The van der Waals surface area contributed by atoms with Gasteiger partial charge in [0.05, 0.1) is 11.6 Å². The number of nitriles is 1. The summed E-state index contributed by atoms with van der Waals surface area (Å²) < 4.78 is 10.3. The maximum Gasteiger partial charge on any atom is 0.344 e. The number of nitrogens with one attached hydrogen (secondary N) is 1. The van der Waals surface area contributed by atoms with Crippen molar-refractivity contribution in [2.75, 3.05) is 11.9 Å². The number of hydrogen-bond acceptors (Lipinski definition) is 6. The molecule has 7 heteroatoms. The molecular weight excluding hydrogens is 348 g/mol. The van der Waals surface area contributed by atoms with Crippen molar-refractivity contribution in [3.63, 3.8) is 0 Å². The monoisotopic (exact) mass is 366 g/mol. The Bertz CT molecular complexity index is 901. The molecule has 0 aliphatic carbocycles. The summed E-state index contributed by atoms with van der Waals surface area (Å²) in [6.07, 6.45) is -1.05. The third-order valence-corrected chi connectivity index (χ3v) is 3.53. The second-order valence-electron chi connectivity index (χ2n) is 5.69. The number of rotatable bonds is 7. The van der Waals surface area contributed by atoms with Crippen molar-refractivity contribution in [3.05, 3.63) is 59.7 Å². The average Bonchev–Trinajstić information content (AvgIpc) is 2.66. The molecule has 0 radical (unpaired) electrons. The van der Waals surface area contributed by atoms with Crippen molar-refractivity contribution in [1.29, 1.82) is 5.26 Å². The molecule has 2 aromatic rings. The second-order valence-corrected chi connectivity index (χ2v) is 5.69. The van der Waals surface area contributed by atoms with Gasteiger partial charge in [0, 0.05) is 11.3 Å². The number of hydrogen-bond donors (Lipinski definition) is 1. The molecule has 0 unspecified atom stereocenters. The van der Waals surface area contributed by atoms with E-state index in [1.807, 2.05) is 6.07 Å². The Labute approximate surface area is 156 Å². The van der Waals surface area contributed by atoms with E-state index in [1.165, 1.54) is 26.0 Å². The molecule has 1 atom stereocenters. The van der Waals surface area contributed by atoms with Gasteiger partial charge < -0.3 is 14.8 Å². The summed E-state index contributed by atoms with van der Waals surface area (Å²) in [7, 11) is 0. The van der Waals surface area contributed by atoms with Crippen LogP contribution in [0.1, 0.15) is 29.8 Å². The molecule has 0 aromatic heterocycles. The fourth-order valence-electron chi connectivity index (χ4n) is 2.14. The number of nitrogens with zero attached hydrogens (tertiary/aromatic N) is 1. The zero-order chi connectivity index (χ0) is 19.8. The summed E-state index contributed by atoms with van der Waals surface area (Å²) in [5, 5.41) is 11.4. The summed E-state index contributed by atoms with van der Waals surface area (Å²) in [5.74, 6) is -1.02. The van der Waals surface area contributed by atoms with Crippen LogP contribution in [0.5, 0.6) is 5.75 Å². The van der Waals surface area contributed by atoms with Gasteiger partial charge in [0.1, 0.15) is 5.75 Å². The van der Waals surface area contributed by atoms with E-state index in [-0.39, 0.29) is 5.78 Å². The van der Waals surface area contributed by atoms with E-state index in [1.54, 1.807) is 36.4 Å². The molecule has 2 aromatic carbocycles. The summed E-state index contributed by atoms with van der Waals surface area (Å²) >= 11 is 0. The van der Waals surface area contributed by atoms with Gasteiger partial charge in [-0.15, -0.1) is 0 Å². The molecule has 2 rings (SSSR count). The van der Waals surface area contributed by atoms with E-state index in [2.05, 4.69) is 5.32 Å². The van der Waals surface area contributed by atoms with Crippen LogP contribution in [0.25, 0.3) is 0 Å². The average molecular weight is 366 g/mol. The molecule has 1 amide bonds. The highest BCUT2D eigenvalue weighted by atomic mass is 16.6. The molecule has 7 nitrogen and oxygen atoms in total. The normalized spacial score (nSPS) is 11.0. The third-order valence-electron chi connectivity index (χ3n) is 3.53. The number of ketones is 1. The Kier molecular flexibility index (Phi) is 6.67. The lowest BCUT2D eigenvalue weighted by Crippen LogP contribution is -2.31. The predicted octanol–water partition coefficient (Wildman–Crippen LogP) is 2.71. The number of carbonyl (C=O) groups is 3. The van der Waals surface area contributed by atoms with E-state index in [4.69, 9.17) is 14.7 Å². The predicted molar refractivity (Wildman–Crippen MR) is 97.3 cm³/mol. The van der Waals surface area contributed by atoms with Crippen LogP contribution in [0.2, 0.25) is 0 Å². The van der Waals surface area contributed by atoms with Crippen LogP contribution in [-0.2, 0) is 14.3 Å². The van der Waals surface area contributed by atoms with Crippen LogP contribution < -0.4 is 10.1 Å². The number of anilines is 1. The van der Waals surface area contributed by atoms with Crippen LogP contribution >= 0.6 is 0 Å². The van der Waals surface area contributed by atoms with Gasteiger partial charge in [-0.25, -0.2) is 4.79 Å². The summed E-state index contributed by atoms with van der Waals surface area (Å²) in [6, 6.07) is 14.8. The van der Waals surface area contributed by atoms with Crippen LogP contribution in [0.3, 0.4) is 0 Å². The fourth-order valence-corrected chi connectivity index (χ4v) is 2.14. The minimum absolute atomic E-state index is 0.117. The first-order valence-electron chi connectivity index (χ1n) is 8.13. The van der Waals surface area contributed by atoms with Gasteiger partial charge >= 0.3 is 5.97 Å². The van der Waals surface area contributed by atoms with Gasteiger partial charge in [0.15, 0.2) is 18.5 Å². The Balaban J connectivity index is 1.85. The number of esters is 1. The Hall–Kier alpha value is -3.66. The van der Waals surface area contributed by atoms with Crippen LogP contribution in [-0.4, -0.2) is 30.4 Å². The zero-order valence-electron chi connectivity index (χ0n) is 14.9. The van der Waals surface area contributed by atoms with Crippen LogP contribution in [0, 0.1) is 11.3 Å². The minimum Gasteiger partial charge on any atom is -0.482 e. The van der Waals surface area contributed by atoms with Gasteiger partial charge in [-0.2, -0.15) is 5.26 Å². The van der Waals surface area contributed by atoms with Crippen molar-refractivity contribution in [1.82, 2.24) is 0 Å². The molecular formula is C20H18N2O5. The third kappa shape index (κ3) is 5.97. The lowest BCUT2D eigenvalue weighted by molar-refractivity contribution is -0.155. The lowest BCUT2D eigenvalue weighted by Gasteiger charge is -2.14. The first-order valence-corrected chi connectivity index (χ1v) is 8.13. The number of ether oxygens (including phenoxy) is 2. The summed E-state index contributed by atoms with van der Waals surface area (Å²) in [4.78, 5) is 35.3. The number of carbonyl (C=O) groups excluding carboxylic acids is 3. The molecule has 138 valence electrons. The summed E-state index contributed by atoms with van der Waals surface area (Å²) in [5.41, 5.74) is 1.30. The van der Waals surface area contributed by atoms with Crippen molar-refractivity contribution in [2.24, 2.45) is 0 Å². The van der Waals surface area contributed by atoms with Gasteiger partial charge in [-0.1, -0.05) is 18.2 Å². The maximum absolute atomic E-state index is 12.1. The fraction of sp³-hybridized carbons (Fsp3) is 0.200. The molecule has 0 aliphatic rings. The molecule has 0 saturated heterocycles. The smallest absolute Gasteiger partial charge is 0.344 e. The number of Topliss-reactive ketones (excluding diaryl/α,β-unsaturated/α-hetero) is 1. The van der Waals surface area contributed by atoms with Gasteiger partial charge in [-0.3, -0.25) is 9.59 Å². The number of benzene rings is 2. The first-order chi connectivity index (χ1) is 12.9. The zero-order valence-corrected chi connectivity index (χ0v) is 14.9. The topological polar surface area (TPSA) is 105 Å². The molecule has 0 fully saturated rings. The quantitative estimate of drug-likeness (QED) is 0.597. The van der Waals surface area contributed by atoms with Crippen molar-refractivity contribution in [3.8, 4) is 11.8 Å². The SMILES string of the molecule is CC(=O)c1cccc(OCC(=O)O[C@H](C)C(=O)Nc2cccc(C#N)c2)c1. The van der Waals surface area contributed by atoms with Crippen LogP contribution in [0.15, 0.2) is 48.5 Å². The molecule has 0 bridgehead atoms. The van der Waals surface area contributed by atoms with E-state index in [9.17, 15) is 14.4 Å². The maximum atomic E-state index is 12.1. The van der Waals surface area contributed by atoms with Gasteiger partial charge in [0.25, 0.3) is 5.91 Å². The molecule has 0 spiro atoms. The second kappa shape index (κ2) is 9.15. The van der Waals surface area contributed by atoms with E-state index >= 15 is 0 Å². The van der Waals surface area contributed by atoms with E-state index < -0.39 is 24.6 Å². The summed E-state index contributed by atoms with van der Waals surface area (Å²) in [6.45, 7) is 2.46. The van der Waals surface area contributed by atoms with E-state index in [0.717, 1.165) is 0 Å². The molecule has 0 aliphatic heterocycles. The molecule has 1 N–H and O–H groups in total. The molecule has 0 heterocycles. The van der Waals surface area contributed by atoms with Crippen molar-refractivity contribution < 1.29 is 23.9 Å². The molecule has 0 saturated carbocycles. The van der Waals surface area contributed by atoms with Gasteiger partial charge in [0.2, 0.25) is 0 Å².